The minimum Gasteiger partial charge on any atom is -0.399 e. The zero-order valence-corrected chi connectivity index (χ0v) is 6.33. The van der Waals surface area contributed by atoms with E-state index in [0.717, 1.165) is 4.90 Å². The predicted molar refractivity (Wildman–Crippen MR) is 36.8 cm³/mol. The molecular weight excluding hydrogens is 148 g/mol. The molecule has 0 aliphatic carbocycles. The third-order valence-corrected chi connectivity index (χ3v) is 1.45. The molecule has 0 radical (unpaired) electrons. The van der Waals surface area contributed by atoms with E-state index in [1.54, 1.807) is 0 Å². The summed E-state index contributed by atoms with van der Waals surface area (Å²) in [5.74, 6) is -0.623. The molecule has 1 rings (SSSR count). The van der Waals surface area contributed by atoms with Gasteiger partial charge in [-0.25, -0.2) is 0 Å². The maximum absolute atomic E-state index is 11.0. The molecule has 0 atom stereocenters. The van der Waals surface area contributed by atoms with Gasteiger partial charge >= 0.3 is 0 Å². The number of rotatable bonds is 1. The first-order valence-corrected chi connectivity index (χ1v) is 3.07. The molecule has 1 saturated heterocycles. The van der Waals surface area contributed by atoms with Gasteiger partial charge in [-0.05, 0) is 0 Å². The second-order valence-electron chi connectivity index (χ2n) is 2.16. The fraction of sp³-hybridized carbons (Fsp3) is 0.500. The first kappa shape index (κ1) is 7.71. The van der Waals surface area contributed by atoms with Gasteiger partial charge in [-0.2, -0.15) is 0 Å². The monoisotopic (exact) mass is 156 g/mol. The maximum Gasteiger partial charge on any atom is 0.278 e. The van der Waals surface area contributed by atoms with Crippen LogP contribution in [-0.2, 0) is 14.4 Å². The first-order valence-electron chi connectivity index (χ1n) is 3.07. The second kappa shape index (κ2) is 2.69. The molecule has 1 heterocycles. The van der Waals surface area contributed by atoms with Crippen LogP contribution < -0.4 is 0 Å². The lowest BCUT2D eigenvalue weighted by molar-refractivity contribution is -0.135. The van der Waals surface area contributed by atoms with E-state index in [9.17, 15) is 9.59 Å². The number of imide groups is 1. The number of oxime groups is 1. The van der Waals surface area contributed by atoms with Crippen LogP contribution in [0.15, 0.2) is 5.16 Å². The Kier molecular flexibility index (Phi) is 1.89. The normalized spacial score (nSPS) is 21.6. The Balaban J connectivity index is 2.83. The summed E-state index contributed by atoms with van der Waals surface area (Å²) in [6, 6.07) is 0. The van der Waals surface area contributed by atoms with E-state index in [2.05, 4.69) is 9.99 Å². The van der Waals surface area contributed by atoms with Gasteiger partial charge in [0.05, 0.1) is 6.42 Å². The van der Waals surface area contributed by atoms with Crippen molar-refractivity contribution < 1.29 is 14.4 Å². The summed E-state index contributed by atoms with van der Waals surface area (Å²) in [6.45, 7) is 0. The van der Waals surface area contributed by atoms with Crippen LogP contribution in [0.25, 0.3) is 0 Å². The Bertz CT molecular complexity index is 234. The van der Waals surface area contributed by atoms with Crippen LogP contribution in [0.4, 0.5) is 0 Å². The molecule has 0 aromatic heterocycles. The molecule has 60 valence electrons. The Morgan fingerprint density at radius 1 is 1.55 bits per heavy atom. The SMILES string of the molecule is CO/N=C1/CC(=O)N(C)C1=O. The summed E-state index contributed by atoms with van der Waals surface area (Å²) in [5, 5.41) is 3.41. The molecular formula is C6H8N2O3. The molecule has 1 aliphatic heterocycles. The highest BCUT2D eigenvalue weighted by atomic mass is 16.6. The minimum absolute atomic E-state index is 0.0448. The van der Waals surface area contributed by atoms with Gasteiger partial charge in [0.1, 0.15) is 7.11 Å². The van der Waals surface area contributed by atoms with Gasteiger partial charge in [0.15, 0.2) is 5.71 Å². The van der Waals surface area contributed by atoms with Crippen LogP contribution in [0.5, 0.6) is 0 Å². The maximum atomic E-state index is 11.0. The summed E-state index contributed by atoms with van der Waals surface area (Å²) >= 11 is 0. The summed E-state index contributed by atoms with van der Waals surface area (Å²) < 4.78 is 0. The van der Waals surface area contributed by atoms with Gasteiger partial charge in [0.2, 0.25) is 5.91 Å². The molecule has 5 heteroatoms. The van der Waals surface area contributed by atoms with Crippen molar-refractivity contribution in [3.8, 4) is 0 Å². The molecule has 0 bridgehead atoms. The standard InChI is InChI=1S/C6H8N2O3/c1-8-5(9)3-4(6(8)10)7-11-2/h3H2,1-2H3/b7-4-. The summed E-state index contributed by atoms with van der Waals surface area (Å²) in [5.41, 5.74) is 0.167. The predicted octanol–water partition coefficient (Wildman–Crippen LogP) is -0.623. The van der Waals surface area contributed by atoms with Crippen LogP contribution in [0.2, 0.25) is 0 Å². The van der Waals surface area contributed by atoms with Gasteiger partial charge in [0.25, 0.3) is 5.91 Å². The highest BCUT2D eigenvalue weighted by molar-refractivity contribution is 6.48. The molecule has 5 nitrogen and oxygen atoms in total. The number of hydrogen-bond donors (Lipinski definition) is 0. The second-order valence-corrected chi connectivity index (χ2v) is 2.16. The molecule has 2 amide bonds. The number of carbonyl (C=O) groups is 2. The van der Waals surface area contributed by atoms with Crippen molar-refractivity contribution in [3.63, 3.8) is 0 Å². The third-order valence-electron chi connectivity index (χ3n) is 1.45. The Morgan fingerprint density at radius 2 is 2.18 bits per heavy atom. The highest BCUT2D eigenvalue weighted by Gasteiger charge is 2.32. The molecule has 1 fully saturated rings. The molecule has 0 saturated carbocycles. The molecule has 0 N–H and O–H groups in total. The van der Waals surface area contributed by atoms with E-state index >= 15 is 0 Å². The Hall–Kier alpha value is -1.39. The van der Waals surface area contributed by atoms with Crippen LogP contribution in [-0.4, -0.2) is 36.6 Å². The number of likely N-dealkylation sites (tertiary alicyclic amines) is 1. The van der Waals surface area contributed by atoms with E-state index in [0.29, 0.717) is 0 Å². The third kappa shape index (κ3) is 1.21. The minimum atomic E-state index is -0.378. The van der Waals surface area contributed by atoms with Crippen molar-refractivity contribution in [1.82, 2.24) is 4.90 Å². The fourth-order valence-corrected chi connectivity index (χ4v) is 0.826. The van der Waals surface area contributed by atoms with Crippen LogP contribution >= 0.6 is 0 Å². The lowest BCUT2D eigenvalue weighted by atomic mass is 10.3. The van der Waals surface area contributed by atoms with E-state index in [4.69, 9.17) is 0 Å². The lowest BCUT2D eigenvalue weighted by Crippen LogP contribution is -2.25. The molecule has 0 aromatic rings. The molecule has 1 aliphatic rings. The van der Waals surface area contributed by atoms with E-state index in [1.807, 2.05) is 0 Å². The Labute approximate surface area is 63.6 Å². The summed E-state index contributed by atoms with van der Waals surface area (Å²) in [6.07, 6.45) is 0.0448. The number of amides is 2. The number of hydrogen-bond acceptors (Lipinski definition) is 4. The topological polar surface area (TPSA) is 59.0 Å². The smallest absolute Gasteiger partial charge is 0.278 e. The molecule has 0 spiro atoms. The molecule has 11 heavy (non-hydrogen) atoms. The van der Waals surface area contributed by atoms with Crippen LogP contribution in [0.3, 0.4) is 0 Å². The van der Waals surface area contributed by atoms with Gasteiger partial charge in [-0.3, -0.25) is 14.5 Å². The quantitative estimate of drug-likeness (QED) is 0.375. The first-order chi connectivity index (χ1) is 5.16. The average molecular weight is 156 g/mol. The van der Waals surface area contributed by atoms with Gasteiger partial charge in [0, 0.05) is 7.05 Å². The van der Waals surface area contributed by atoms with E-state index in [-0.39, 0.29) is 23.9 Å². The summed E-state index contributed by atoms with van der Waals surface area (Å²) in [4.78, 5) is 27.2. The van der Waals surface area contributed by atoms with E-state index in [1.165, 1.54) is 14.2 Å². The Morgan fingerprint density at radius 3 is 2.55 bits per heavy atom. The van der Waals surface area contributed by atoms with Crippen LogP contribution in [0.1, 0.15) is 6.42 Å². The fourth-order valence-electron chi connectivity index (χ4n) is 0.826. The largest absolute Gasteiger partial charge is 0.399 e. The van der Waals surface area contributed by atoms with Gasteiger partial charge in [-0.15, -0.1) is 0 Å². The highest BCUT2D eigenvalue weighted by Crippen LogP contribution is 2.06. The van der Waals surface area contributed by atoms with Crippen LogP contribution in [0, 0.1) is 0 Å². The van der Waals surface area contributed by atoms with Crippen molar-refractivity contribution in [2.24, 2.45) is 5.16 Å². The average Bonchev–Trinajstić information content (AvgIpc) is 2.19. The summed E-state index contributed by atoms with van der Waals surface area (Å²) in [7, 11) is 2.76. The van der Waals surface area contributed by atoms with E-state index < -0.39 is 0 Å². The zero-order valence-electron chi connectivity index (χ0n) is 6.33. The van der Waals surface area contributed by atoms with Crippen molar-refractivity contribution >= 4 is 17.5 Å². The van der Waals surface area contributed by atoms with Crippen molar-refractivity contribution in [3.05, 3.63) is 0 Å². The number of carbonyl (C=O) groups excluding carboxylic acids is 2. The number of nitrogens with zero attached hydrogens (tertiary/aromatic N) is 2. The van der Waals surface area contributed by atoms with Crippen molar-refractivity contribution in [1.29, 1.82) is 0 Å². The zero-order chi connectivity index (χ0) is 8.43. The van der Waals surface area contributed by atoms with Gasteiger partial charge < -0.3 is 4.84 Å². The molecule has 0 unspecified atom stereocenters. The molecule has 0 aromatic carbocycles. The lowest BCUT2D eigenvalue weighted by Gasteiger charge is -2.01. The van der Waals surface area contributed by atoms with Crippen molar-refractivity contribution in [2.75, 3.05) is 14.2 Å². The van der Waals surface area contributed by atoms with Crippen molar-refractivity contribution in [2.45, 2.75) is 6.42 Å². The van der Waals surface area contributed by atoms with Gasteiger partial charge in [-0.1, -0.05) is 5.16 Å².